The van der Waals surface area contributed by atoms with Crippen molar-refractivity contribution in [2.45, 2.75) is 12.0 Å². The fourth-order valence-corrected chi connectivity index (χ4v) is 2.36. The van der Waals surface area contributed by atoms with Crippen LogP contribution in [0.15, 0.2) is 42.5 Å². The highest BCUT2D eigenvalue weighted by Crippen LogP contribution is 2.32. The maximum Gasteiger partial charge on any atom is 0.126 e. The van der Waals surface area contributed by atoms with Gasteiger partial charge in [-0.25, -0.2) is 8.78 Å². The van der Waals surface area contributed by atoms with Gasteiger partial charge in [0.2, 0.25) is 0 Å². The van der Waals surface area contributed by atoms with E-state index in [1.807, 2.05) is 0 Å². The van der Waals surface area contributed by atoms with Gasteiger partial charge in [-0.05, 0) is 35.4 Å². The molecule has 2 rings (SSSR count). The second-order valence-corrected chi connectivity index (χ2v) is 4.98. The Hall–Kier alpha value is -1.49. The van der Waals surface area contributed by atoms with Crippen LogP contribution in [-0.2, 0) is 0 Å². The Morgan fingerprint density at radius 1 is 1.05 bits per heavy atom. The van der Waals surface area contributed by atoms with Crippen LogP contribution < -0.4 is 5.73 Å². The summed E-state index contributed by atoms with van der Waals surface area (Å²) in [6, 6.07) is 9.79. The monoisotopic (exact) mass is 297 g/mol. The smallest absolute Gasteiger partial charge is 0.126 e. The number of nitrogens with two attached hydrogens (primary N) is 1. The van der Waals surface area contributed by atoms with Crippen LogP contribution in [0, 0.1) is 11.6 Å². The first-order valence-electron chi connectivity index (χ1n) is 6.11. The van der Waals surface area contributed by atoms with Gasteiger partial charge in [-0.15, -0.1) is 0 Å². The van der Waals surface area contributed by atoms with Crippen molar-refractivity contribution in [3.8, 4) is 0 Å². The molecule has 0 fully saturated rings. The van der Waals surface area contributed by atoms with Gasteiger partial charge in [0.05, 0.1) is 6.10 Å². The molecule has 20 heavy (non-hydrogen) atoms. The van der Waals surface area contributed by atoms with Crippen LogP contribution in [-0.4, -0.2) is 11.7 Å². The van der Waals surface area contributed by atoms with Crippen LogP contribution in [0.1, 0.15) is 23.1 Å². The molecule has 0 aliphatic heterocycles. The summed E-state index contributed by atoms with van der Waals surface area (Å²) < 4.78 is 26.5. The average molecular weight is 298 g/mol. The molecule has 106 valence electrons. The summed E-state index contributed by atoms with van der Waals surface area (Å²) in [5.41, 5.74) is 6.51. The molecule has 0 spiro atoms. The largest absolute Gasteiger partial charge is 0.388 e. The summed E-state index contributed by atoms with van der Waals surface area (Å²) in [6.07, 6.45) is -0.986. The van der Waals surface area contributed by atoms with Gasteiger partial charge in [-0.2, -0.15) is 0 Å². The predicted octanol–water partition coefficient (Wildman–Crippen LogP) is 3.39. The summed E-state index contributed by atoms with van der Waals surface area (Å²) in [7, 11) is 0. The molecule has 0 saturated carbocycles. The van der Waals surface area contributed by atoms with Gasteiger partial charge < -0.3 is 10.8 Å². The Bertz CT molecular complexity index is 586. The third-order valence-corrected chi connectivity index (χ3v) is 3.37. The molecular formula is C15H14ClF2NO. The van der Waals surface area contributed by atoms with Crippen LogP contribution in [0.5, 0.6) is 0 Å². The molecule has 0 aromatic heterocycles. The van der Waals surface area contributed by atoms with Gasteiger partial charge in [-0.3, -0.25) is 0 Å². The van der Waals surface area contributed by atoms with Crippen molar-refractivity contribution in [2.24, 2.45) is 5.73 Å². The maximum absolute atomic E-state index is 13.3. The molecule has 2 aromatic rings. The summed E-state index contributed by atoms with van der Waals surface area (Å²) in [5.74, 6) is -2.01. The van der Waals surface area contributed by atoms with E-state index >= 15 is 0 Å². The lowest BCUT2D eigenvalue weighted by atomic mass is 9.89. The fraction of sp³-hybridized carbons (Fsp3) is 0.200. The van der Waals surface area contributed by atoms with E-state index < -0.39 is 23.7 Å². The van der Waals surface area contributed by atoms with Crippen LogP contribution in [0.4, 0.5) is 8.78 Å². The minimum Gasteiger partial charge on any atom is -0.388 e. The first-order chi connectivity index (χ1) is 9.51. The van der Waals surface area contributed by atoms with E-state index in [-0.39, 0.29) is 6.54 Å². The minimum absolute atomic E-state index is 0.0522. The molecule has 0 amide bonds. The van der Waals surface area contributed by atoms with Crippen molar-refractivity contribution in [2.75, 3.05) is 6.54 Å². The van der Waals surface area contributed by atoms with E-state index in [1.54, 1.807) is 24.3 Å². The van der Waals surface area contributed by atoms with Gasteiger partial charge in [0.25, 0.3) is 0 Å². The van der Waals surface area contributed by atoms with Gasteiger partial charge in [0, 0.05) is 23.6 Å². The van der Waals surface area contributed by atoms with Crippen molar-refractivity contribution in [3.05, 3.63) is 70.2 Å². The molecule has 0 aliphatic rings. The Kier molecular flexibility index (Phi) is 4.70. The molecule has 0 saturated heterocycles. The molecule has 3 N–H and O–H groups in total. The fourth-order valence-electron chi connectivity index (χ4n) is 2.16. The van der Waals surface area contributed by atoms with E-state index in [2.05, 4.69) is 0 Å². The molecule has 0 aliphatic carbocycles. The third kappa shape index (κ3) is 3.33. The third-order valence-electron chi connectivity index (χ3n) is 3.14. The van der Waals surface area contributed by atoms with Crippen LogP contribution >= 0.6 is 11.6 Å². The SMILES string of the molecule is NCC(c1cc(F)cc(F)c1)C(O)c1cccc(Cl)c1. The van der Waals surface area contributed by atoms with E-state index in [4.69, 9.17) is 17.3 Å². The quantitative estimate of drug-likeness (QED) is 0.908. The van der Waals surface area contributed by atoms with E-state index in [1.165, 1.54) is 12.1 Å². The van der Waals surface area contributed by atoms with E-state index in [9.17, 15) is 13.9 Å². The molecule has 5 heteroatoms. The summed E-state index contributed by atoms with van der Waals surface area (Å²) in [6.45, 7) is 0.0522. The summed E-state index contributed by atoms with van der Waals surface area (Å²) in [4.78, 5) is 0. The predicted molar refractivity (Wildman–Crippen MR) is 74.6 cm³/mol. The molecule has 0 radical (unpaired) electrons. The Morgan fingerprint density at radius 3 is 2.25 bits per heavy atom. The number of rotatable bonds is 4. The minimum atomic E-state index is -0.986. The lowest BCUT2D eigenvalue weighted by Crippen LogP contribution is -2.20. The number of hydrogen-bond donors (Lipinski definition) is 2. The molecule has 2 aromatic carbocycles. The van der Waals surface area contributed by atoms with Crippen LogP contribution in [0.2, 0.25) is 5.02 Å². The molecule has 2 unspecified atom stereocenters. The normalized spacial score (nSPS) is 14.1. The molecule has 0 heterocycles. The summed E-state index contributed by atoms with van der Waals surface area (Å²) in [5, 5.41) is 10.8. The average Bonchev–Trinajstić information content (AvgIpc) is 2.38. The first-order valence-corrected chi connectivity index (χ1v) is 6.48. The highest BCUT2D eigenvalue weighted by molar-refractivity contribution is 6.30. The van der Waals surface area contributed by atoms with Crippen molar-refractivity contribution in [1.82, 2.24) is 0 Å². The number of benzene rings is 2. The van der Waals surface area contributed by atoms with E-state index in [0.717, 1.165) is 6.07 Å². The molecular weight excluding hydrogens is 284 g/mol. The van der Waals surface area contributed by atoms with E-state index in [0.29, 0.717) is 16.1 Å². The summed E-state index contributed by atoms with van der Waals surface area (Å²) >= 11 is 5.87. The van der Waals surface area contributed by atoms with Crippen molar-refractivity contribution in [1.29, 1.82) is 0 Å². The lowest BCUT2D eigenvalue weighted by molar-refractivity contribution is 0.147. The van der Waals surface area contributed by atoms with Gasteiger partial charge >= 0.3 is 0 Å². The zero-order valence-corrected chi connectivity index (χ0v) is 11.3. The number of hydrogen-bond acceptors (Lipinski definition) is 2. The van der Waals surface area contributed by atoms with Gasteiger partial charge in [0.15, 0.2) is 0 Å². The molecule has 2 nitrogen and oxygen atoms in total. The zero-order valence-electron chi connectivity index (χ0n) is 10.6. The zero-order chi connectivity index (χ0) is 14.7. The Balaban J connectivity index is 2.36. The maximum atomic E-state index is 13.3. The first kappa shape index (κ1) is 14.9. The standard InChI is InChI=1S/C15H14ClF2NO/c16-11-3-1-2-9(4-11)15(20)14(8-19)10-5-12(17)7-13(18)6-10/h1-7,14-15,20H,8,19H2. The Labute approximate surface area is 120 Å². The second-order valence-electron chi connectivity index (χ2n) is 4.54. The van der Waals surface area contributed by atoms with Crippen molar-refractivity contribution >= 4 is 11.6 Å². The Morgan fingerprint density at radius 2 is 1.70 bits per heavy atom. The number of aliphatic hydroxyl groups excluding tert-OH is 1. The number of halogens is 3. The van der Waals surface area contributed by atoms with Gasteiger partial charge in [0.1, 0.15) is 11.6 Å². The van der Waals surface area contributed by atoms with Crippen molar-refractivity contribution < 1.29 is 13.9 Å². The number of aliphatic hydroxyl groups is 1. The topological polar surface area (TPSA) is 46.2 Å². The lowest BCUT2D eigenvalue weighted by Gasteiger charge is -2.22. The highest BCUT2D eigenvalue weighted by atomic mass is 35.5. The van der Waals surface area contributed by atoms with Crippen molar-refractivity contribution in [3.63, 3.8) is 0 Å². The van der Waals surface area contributed by atoms with Crippen LogP contribution in [0.3, 0.4) is 0 Å². The van der Waals surface area contributed by atoms with Gasteiger partial charge in [-0.1, -0.05) is 23.7 Å². The second kappa shape index (κ2) is 6.31. The molecule has 0 bridgehead atoms. The van der Waals surface area contributed by atoms with Crippen LogP contribution in [0.25, 0.3) is 0 Å². The highest BCUT2D eigenvalue weighted by Gasteiger charge is 2.22. The molecule has 2 atom stereocenters.